The first-order valence-electron chi connectivity index (χ1n) is 11.1. The average molecular weight is 442 g/mol. The van der Waals surface area contributed by atoms with Crippen molar-refractivity contribution < 1.29 is 37.9 Å². The molecule has 0 aromatic heterocycles. The highest BCUT2D eigenvalue weighted by atomic mass is 16.6. The van der Waals surface area contributed by atoms with E-state index in [1.165, 1.54) is 0 Å². The summed E-state index contributed by atoms with van der Waals surface area (Å²) in [6.45, 7) is 4.82. The molecule has 4 aliphatic rings. The molecular weight excluding hydrogens is 416 g/mol. The van der Waals surface area contributed by atoms with E-state index >= 15 is 0 Å². The fourth-order valence-electron chi connectivity index (χ4n) is 3.37. The number of hydrogen-bond acceptors (Lipinski definition) is 8. The molecule has 0 saturated carbocycles. The highest BCUT2D eigenvalue weighted by Gasteiger charge is 2.30. The predicted molar refractivity (Wildman–Crippen MR) is 113 cm³/mol. The second-order valence-corrected chi connectivity index (χ2v) is 8.33. The number of ether oxygens (including phenoxy) is 8. The standard InChI is InChI=1S/C24H26O8/c1-3-19(24(32-14-18-10-28-18)22(6-1)31-13-17-9-27-17)23-20(29-11-15-7-25-15)4-2-5-21(23)30-12-16-8-26-16/h1-6,15-18H,7-14H2. The lowest BCUT2D eigenvalue weighted by Crippen LogP contribution is -2.11. The second kappa shape index (κ2) is 8.78. The van der Waals surface area contributed by atoms with Crippen molar-refractivity contribution in [2.75, 3.05) is 52.9 Å². The Morgan fingerprint density at radius 3 is 1.47 bits per heavy atom. The van der Waals surface area contributed by atoms with Crippen molar-refractivity contribution in [3.8, 4) is 34.1 Å². The maximum atomic E-state index is 6.23. The Morgan fingerprint density at radius 1 is 0.562 bits per heavy atom. The SMILES string of the molecule is c1cc(OCC2CO2)c(-c2cccc(OCC3CO3)c2OCC2CO2)c(OCC2CO2)c1. The Balaban J connectivity index is 1.36. The van der Waals surface area contributed by atoms with E-state index in [4.69, 9.17) is 37.9 Å². The molecule has 0 N–H and O–H groups in total. The molecule has 4 aliphatic heterocycles. The molecule has 4 unspecified atom stereocenters. The first kappa shape index (κ1) is 20.1. The van der Waals surface area contributed by atoms with Crippen molar-refractivity contribution in [2.24, 2.45) is 0 Å². The summed E-state index contributed by atoms with van der Waals surface area (Å²) in [7, 11) is 0. The first-order chi connectivity index (χ1) is 15.8. The second-order valence-electron chi connectivity index (χ2n) is 8.33. The van der Waals surface area contributed by atoms with Gasteiger partial charge in [-0.15, -0.1) is 0 Å². The van der Waals surface area contributed by atoms with Gasteiger partial charge >= 0.3 is 0 Å². The molecule has 0 bridgehead atoms. The van der Waals surface area contributed by atoms with Crippen LogP contribution in [0.15, 0.2) is 36.4 Å². The first-order valence-corrected chi connectivity index (χ1v) is 11.1. The van der Waals surface area contributed by atoms with Crippen LogP contribution < -0.4 is 18.9 Å². The minimum Gasteiger partial charge on any atom is -0.490 e. The number of benzene rings is 2. The maximum absolute atomic E-state index is 6.23. The van der Waals surface area contributed by atoms with Gasteiger partial charge in [0.05, 0.1) is 32.0 Å². The summed E-state index contributed by atoms with van der Waals surface area (Å²) in [5.41, 5.74) is 1.67. The molecule has 8 heteroatoms. The molecule has 8 nitrogen and oxygen atoms in total. The van der Waals surface area contributed by atoms with Crippen molar-refractivity contribution in [3.63, 3.8) is 0 Å². The Kier molecular flexibility index (Phi) is 5.52. The molecule has 0 spiro atoms. The van der Waals surface area contributed by atoms with E-state index in [2.05, 4.69) is 0 Å². The smallest absolute Gasteiger partial charge is 0.169 e. The van der Waals surface area contributed by atoms with Gasteiger partial charge < -0.3 is 37.9 Å². The van der Waals surface area contributed by atoms with Crippen molar-refractivity contribution in [2.45, 2.75) is 24.4 Å². The lowest BCUT2D eigenvalue weighted by molar-refractivity contribution is 0.228. The summed E-state index contributed by atoms with van der Waals surface area (Å²) >= 11 is 0. The molecule has 0 amide bonds. The number of rotatable bonds is 13. The fraction of sp³-hybridized carbons (Fsp3) is 0.500. The van der Waals surface area contributed by atoms with Gasteiger partial charge in [-0.2, -0.15) is 0 Å². The summed E-state index contributed by atoms with van der Waals surface area (Å²) in [6, 6.07) is 11.7. The quantitative estimate of drug-likeness (QED) is 0.437. The van der Waals surface area contributed by atoms with Crippen LogP contribution in [0, 0.1) is 0 Å². The van der Waals surface area contributed by atoms with Crippen molar-refractivity contribution in [1.82, 2.24) is 0 Å². The van der Waals surface area contributed by atoms with Gasteiger partial charge in [-0.25, -0.2) is 0 Å². The average Bonchev–Trinajstić information content (AvgIpc) is 3.65. The fourth-order valence-corrected chi connectivity index (χ4v) is 3.37. The van der Waals surface area contributed by atoms with E-state index < -0.39 is 0 Å². The molecule has 170 valence electrons. The molecule has 32 heavy (non-hydrogen) atoms. The van der Waals surface area contributed by atoms with Crippen LogP contribution in [0.4, 0.5) is 0 Å². The molecule has 4 heterocycles. The van der Waals surface area contributed by atoms with E-state index in [0.717, 1.165) is 30.9 Å². The lowest BCUT2D eigenvalue weighted by atomic mass is 10.0. The molecule has 4 saturated heterocycles. The van der Waals surface area contributed by atoms with Crippen LogP contribution in [0.2, 0.25) is 0 Å². The third-order valence-corrected chi connectivity index (χ3v) is 5.53. The van der Waals surface area contributed by atoms with Gasteiger partial charge in [0.2, 0.25) is 0 Å². The van der Waals surface area contributed by atoms with Crippen LogP contribution in [-0.2, 0) is 18.9 Å². The molecule has 0 radical (unpaired) electrons. The van der Waals surface area contributed by atoms with Crippen molar-refractivity contribution >= 4 is 0 Å². The minimum absolute atomic E-state index is 0.115. The van der Waals surface area contributed by atoms with Gasteiger partial charge in [0.25, 0.3) is 0 Å². The van der Waals surface area contributed by atoms with E-state index in [1.807, 2.05) is 36.4 Å². The topological polar surface area (TPSA) is 87.0 Å². The molecule has 4 fully saturated rings. The zero-order valence-electron chi connectivity index (χ0n) is 17.7. The van der Waals surface area contributed by atoms with E-state index in [9.17, 15) is 0 Å². The Hall–Kier alpha value is -2.52. The molecule has 6 rings (SSSR count). The van der Waals surface area contributed by atoms with Crippen LogP contribution in [0.5, 0.6) is 23.0 Å². The highest BCUT2D eigenvalue weighted by molar-refractivity contribution is 5.83. The van der Waals surface area contributed by atoms with Gasteiger partial charge in [-0.05, 0) is 18.2 Å². The third-order valence-electron chi connectivity index (χ3n) is 5.53. The van der Waals surface area contributed by atoms with E-state index in [-0.39, 0.29) is 24.4 Å². The zero-order chi connectivity index (χ0) is 21.3. The Labute approximate surface area is 186 Å². The Morgan fingerprint density at radius 2 is 0.969 bits per heavy atom. The van der Waals surface area contributed by atoms with Gasteiger partial charge in [-0.3, -0.25) is 0 Å². The maximum Gasteiger partial charge on any atom is 0.169 e. The highest BCUT2D eigenvalue weighted by Crippen LogP contribution is 2.47. The molecule has 4 atom stereocenters. The molecule has 2 aromatic carbocycles. The van der Waals surface area contributed by atoms with Crippen LogP contribution in [0.1, 0.15) is 0 Å². The van der Waals surface area contributed by atoms with Crippen LogP contribution in [0.25, 0.3) is 11.1 Å². The molecular formula is C24H26O8. The largest absolute Gasteiger partial charge is 0.490 e. The number of para-hydroxylation sites is 1. The minimum atomic E-state index is 0.115. The van der Waals surface area contributed by atoms with Crippen molar-refractivity contribution in [1.29, 1.82) is 0 Å². The molecule has 2 aromatic rings. The van der Waals surface area contributed by atoms with Gasteiger partial charge in [0.15, 0.2) is 11.5 Å². The normalized spacial score (nSPS) is 26.9. The lowest BCUT2D eigenvalue weighted by Gasteiger charge is -2.20. The van der Waals surface area contributed by atoms with Gasteiger partial charge in [0.1, 0.15) is 62.3 Å². The van der Waals surface area contributed by atoms with E-state index in [1.54, 1.807) is 0 Å². The number of hydrogen-bond donors (Lipinski definition) is 0. The van der Waals surface area contributed by atoms with Gasteiger partial charge in [0, 0.05) is 5.56 Å². The molecule has 0 aliphatic carbocycles. The van der Waals surface area contributed by atoms with Gasteiger partial charge in [-0.1, -0.05) is 18.2 Å². The van der Waals surface area contributed by atoms with Crippen LogP contribution >= 0.6 is 0 Å². The van der Waals surface area contributed by atoms with Crippen LogP contribution in [0.3, 0.4) is 0 Å². The summed E-state index contributed by atoms with van der Waals surface area (Å²) < 4.78 is 45.9. The van der Waals surface area contributed by atoms with Crippen LogP contribution in [-0.4, -0.2) is 77.3 Å². The zero-order valence-corrected chi connectivity index (χ0v) is 17.7. The monoisotopic (exact) mass is 442 g/mol. The van der Waals surface area contributed by atoms with E-state index in [0.29, 0.717) is 56.0 Å². The third kappa shape index (κ3) is 5.10. The summed E-state index contributed by atoms with van der Waals surface area (Å²) in [5, 5.41) is 0. The summed E-state index contributed by atoms with van der Waals surface area (Å²) in [4.78, 5) is 0. The summed E-state index contributed by atoms with van der Waals surface area (Å²) in [6.07, 6.45) is 0.542. The number of epoxide rings is 4. The Bertz CT molecular complexity index is 913. The van der Waals surface area contributed by atoms with Crippen molar-refractivity contribution in [3.05, 3.63) is 36.4 Å². The predicted octanol–water partition coefficient (Wildman–Crippen LogP) is 2.46. The summed E-state index contributed by atoms with van der Waals surface area (Å²) in [5.74, 6) is 2.74.